The first-order chi connectivity index (χ1) is 9.22. The van der Waals surface area contributed by atoms with Gasteiger partial charge in [0.15, 0.2) is 5.82 Å². The predicted molar refractivity (Wildman–Crippen MR) is 75.5 cm³/mol. The molecule has 0 aliphatic carbocycles. The van der Waals surface area contributed by atoms with Gasteiger partial charge in [-0.2, -0.15) is 0 Å². The summed E-state index contributed by atoms with van der Waals surface area (Å²) in [6.45, 7) is 0. The van der Waals surface area contributed by atoms with Gasteiger partial charge in [-0.1, -0.05) is 30.3 Å². The van der Waals surface area contributed by atoms with Gasteiger partial charge in [0.1, 0.15) is 5.25 Å². The number of carbonyl (C=O) groups excluding carboxylic acids is 1. The molecule has 2 aromatic rings. The number of halogens is 1. The van der Waals surface area contributed by atoms with Crippen LogP contribution in [0.1, 0.15) is 10.8 Å². The molecule has 0 aliphatic heterocycles. The maximum absolute atomic E-state index is 13.4. The van der Waals surface area contributed by atoms with E-state index in [-0.39, 0.29) is 16.8 Å². The predicted octanol–water partition coefficient (Wildman–Crippen LogP) is 3.26. The first kappa shape index (κ1) is 13.5. The number of carbonyl (C=O) groups is 1. The van der Waals surface area contributed by atoms with Gasteiger partial charge in [-0.25, -0.2) is 4.39 Å². The molecule has 0 aliphatic rings. The van der Waals surface area contributed by atoms with Gasteiger partial charge in [0, 0.05) is 6.20 Å². The number of aromatic nitrogens is 1. The minimum Gasteiger partial charge on any atom is -0.322 e. The molecule has 1 atom stereocenters. The van der Waals surface area contributed by atoms with Crippen molar-refractivity contribution in [3.05, 3.63) is 60.2 Å². The van der Waals surface area contributed by atoms with Crippen LogP contribution in [0.15, 0.2) is 48.8 Å². The van der Waals surface area contributed by atoms with Crippen molar-refractivity contribution in [1.29, 1.82) is 0 Å². The highest BCUT2D eigenvalue weighted by atomic mass is 32.2. The molecule has 98 valence electrons. The summed E-state index contributed by atoms with van der Waals surface area (Å²) in [6.07, 6.45) is 4.36. The molecule has 1 aromatic carbocycles. The lowest BCUT2D eigenvalue weighted by atomic mass is 10.1. The molecular weight excluding hydrogens is 263 g/mol. The maximum Gasteiger partial charge on any atom is 0.242 e. The number of rotatable bonds is 4. The van der Waals surface area contributed by atoms with E-state index in [1.807, 2.05) is 36.6 Å². The molecule has 5 heteroatoms. The van der Waals surface area contributed by atoms with Crippen LogP contribution in [0.3, 0.4) is 0 Å². The van der Waals surface area contributed by atoms with E-state index in [1.165, 1.54) is 24.0 Å². The Hall–Kier alpha value is -1.88. The third-order valence-corrected chi connectivity index (χ3v) is 3.56. The second kappa shape index (κ2) is 6.33. The van der Waals surface area contributed by atoms with Crippen molar-refractivity contribution in [2.75, 3.05) is 11.6 Å². The third-order valence-electron chi connectivity index (χ3n) is 2.61. The maximum atomic E-state index is 13.4. The van der Waals surface area contributed by atoms with Crippen LogP contribution in [0.4, 0.5) is 10.1 Å². The second-order valence-corrected chi connectivity index (χ2v) is 4.81. The molecule has 1 aromatic heterocycles. The second-order valence-electron chi connectivity index (χ2n) is 3.87. The van der Waals surface area contributed by atoms with Gasteiger partial charge in [-0.05, 0) is 17.9 Å². The quantitative estimate of drug-likeness (QED) is 0.932. The molecule has 0 radical (unpaired) electrons. The fourth-order valence-corrected chi connectivity index (χ4v) is 2.40. The SMILES string of the molecule is CSC(C(=O)Nc1ccncc1F)c1ccccc1. The van der Waals surface area contributed by atoms with E-state index in [2.05, 4.69) is 10.3 Å². The zero-order valence-corrected chi connectivity index (χ0v) is 11.2. The van der Waals surface area contributed by atoms with E-state index in [4.69, 9.17) is 0 Å². The zero-order valence-electron chi connectivity index (χ0n) is 10.3. The smallest absolute Gasteiger partial charge is 0.242 e. The van der Waals surface area contributed by atoms with Crippen LogP contribution >= 0.6 is 11.8 Å². The van der Waals surface area contributed by atoms with Crippen LogP contribution in [0, 0.1) is 5.82 Å². The topological polar surface area (TPSA) is 42.0 Å². The summed E-state index contributed by atoms with van der Waals surface area (Å²) < 4.78 is 13.4. The van der Waals surface area contributed by atoms with Crippen molar-refractivity contribution in [3.63, 3.8) is 0 Å². The third kappa shape index (κ3) is 3.32. The van der Waals surface area contributed by atoms with Crippen molar-refractivity contribution in [2.45, 2.75) is 5.25 Å². The van der Waals surface area contributed by atoms with Crippen molar-refractivity contribution in [1.82, 2.24) is 4.98 Å². The first-order valence-electron chi connectivity index (χ1n) is 5.70. The van der Waals surface area contributed by atoms with E-state index in [1.54, 1.807) is 0 Å². The minimum atomic E-state index is -0.538. The number of benzene rings is 1. The van der Waals surface area contributed by atoms with Crippen molar-refractivity contribution in [2.24, 2.45) is 0 Å². The van der Waals surface area contributed by atoms with Gasteiger partial charge in [-0.15, -0.1) is 11.8 Å². The molecule has 19 heavy (non-hydrogen) atoms. The van der Waals surface area contributed by atoms with Gasteiger partial charge in [0.2, 0.25) is 5.91 Å². The summed E-state index contributed by atoms with van der Waals surface area (Å²) in [5.74, 6) is -0.785. The molecule has 0 spiro atoms. The Morgan fingerprint density at radius 2 is 2.05 bits per heavy atom. The monoisotopic (exact) mass is 276 g/mol. The number of nitrogens with zero attached hydrogens (tertiary/aromatic N) is 1. The number of hydrogen-bond acceptors (Lipinski definition) is 3. The van der Waals surface area contributed by atoms with Gasteiger partial charge in [0.05, 0.1) is 11.9 Å². The number of thioether (sulfide) groups is 1. The summed E-state index contributed by atoms with van der Waals surface area (Å²) in [5, 5.41) is 2.22. The Morgan fingerprint density at radius 3 is 2.68 bits per heavy atom. The summed E-state index contributed by atoms with van der Waals surface area (Å²) in [4.78, 5) is 15.8. The standard InChI is InChI=1S/C14H13FN2OS/c1-19-13(10-5-3-2-4-6-10)14(18)17-12-7-8-16-9-11(12)15/h2-9,13H,1H3,(H,16,17,18). The zero-order chi connectivity index (χ0) is 13.7. The molecule has 1 N–H and O–H groups in total. The number of nitrogens with one attached hydrogen (secondary N) is 1. The van der Waals surface area contributed by atoms with Crippen LogP contribution in [0.5, 0.6) is 0 Å². The number of pyridine rings is 1. The van der Waals surface area contributed by atoms with Crippen LogP contribution in [-0.2, 0) is 4.79 Å². The summed E-state index contributed by atoms with van der Waals surface area (Å²) >= 11 is 1.41. The van der Waals surface area contributed by atoms with Crippen LogP contribution in [0.25, 0.3) is 0 Å². The molecule has 1 unspecified atom stereocenters. The molecule has 0 fully saturated rings. The lowest BCUT2D eigenvalue weighted by Gasteiger charge is -2.15. The van der Waals surface area contributed by atoms with Crippen LogP contribution in [-0.4, -0.2) is 17.1 Å². The fraction of sp³-hybridized carbons (Fsp3) is 0.143. The molecule has 1 heterocycles. The van der Waals surface area contributed by atoms with Crippen molar-refractivity contribution in [3.8, 4) is 0 Å². The average Bonchev–Trinajstić information content (AvgIpc) is 2.43. The highest BCUT2D eigenvalue weighted by Gasteiger charge is 2.20. The van der Waals surface area contributed by atoms with Gasteiger partial charge >= 0.3 is 0 Å². The Morgan fingerprint density at radius 1 is 1.32 bits per heavy atom. The average molecular weight is 276 g/mol. The van der Waals surface area contributed by atoms with E-state index < -0.39 is 5.82 Å². The van der Waals surface area contributed by atoms with Gasteiger partial charge in [0.25, 0.3) is 0 Å². The Labute approximate surface area is 115 Å². The van der Waals surface area contributed by atoms with Gasteiger partial charge in [-0.3, -0.25) is 9.78 Å². The van der Waals surface area contributed by atoms with E-state index >= 15 is 0 Å². The van der Waals surface area contributed by atoms with E-state index in [9.17, 15) is 9.18 Å². The summed E-state index contributed by atoms with van der Waals surface area (Å²) in [7, 11) is 0. The highest BCUT2D eigenvalue weighted by molar-refractivity contribution is 7.99. The van der Waals surface area contributed by atoms with Gasteiger partial charge < -0.3 is 5.32 Å². The summed E-state index contributed by atoms with van der Waals surface area (Å²) in [5.41, 5.74) is 1.04. The summed E-state index contributed by atoms with van der Waals surface area (Å²) in [6, 6.07) is 10.8. The molecule has 3 nitrogen and oxygen atoms in total. The molecule has 0 saturated heterocycles. The normalized spacial score (nSPS) is 11.9. The lowest BCUT2D eigenvalue weighted by Crippen LogP contribution is -2.19. The molecular formula is C14H13FN2OS. The molecule has 0 saturated carbocycles. The number of hydrogen-bond donors (Lipinski definition) is 1. The van der Waals surface area contributed by atoms with Crippen LogP contribution in [0.2, 0.25) is 0 Å². The lowest BCUT2D eigenvalue weighted by molar-refractivity contribution is -0.115. The highest BCUT2D eigenvalue weighted by Crippen LogP contribution is 2.28. The first-order valence-corrected chi connectivity index (χ1v) is 6.99. The fourth-order valence-electron chi connectivity index (χ4n) is 1.70. The largest absolute Gasteiger partial charge is 0.322 e. The van der Waals surface area contributed by atoms with E-state index in [0.29, 0.717) is 0 Å². The molecule has 2 rings (SSSR count). The number of anilines is 1. The number of amides is 1. The minimum absolute atomic E-state index is 0.148. The van der Waals surface area contributed by atoms with Crippen LogP contribution < -0.4 is 5.32 Å². The van der Waals surface area contributed by atoms with Crippen molar-refractivity contribution >= 4 is 23.4 Å². The Bertz CT molecular complexity index is 562. The Kier molecular flexibility index (Phi) is 4.52. The Balaban J connectivity index is 2.17. The molecule has 1 amide bonds. The van der Waals surface area contributed by atoms with Crippen molar-refractivity contribution < 1.29 is 9.18 Å². The van der Waals surface area contributed by atoms with E-state index in [0.717, 1.165) is 11.8 Å². The molecule has 0 bridgehead atoms.